The molecule has 0 saturated heterocycles. The normalized spacial score (nSPS) is 22.5. The number of hydrogen-bond donors (Lipinski definition) is 0. The van der Waals surface area contributed by atoms with Crippen LogP contribution in [0.25, 0.3) is 0 Å². The maximum Gasteiger partial charge on any atom is 0.105 e. The number of likely N-dealkylation sites (N-methyl/N-ethyl adjacent to an activating group) is 1. The van der Waals surface area contributed by atoms with E-state index >= 15 is 0 Å². The zero-order valence-electron chi connectivity index (χ0n) is 16.1. The van der Waals surface area contributed by atoms with Gasteiger partial charge in [-0.15, -0.1) is 0 Å². The minimum Gasteiger partial charge on any atom is -0.319 e. The Bertz CT molecular complexity index is 607. The molecule has 1 nitrogen and oxygen atoms in total. The van der Waals surface area contributed by atoms with Gasteiger partial charge in [-0.05, 0) is 50.3 Å². The highest BCUT2D eigenvalue weighted by atomic mass is 35.5. The second kappa shape index (κ2) is 7.45. The molecule has 2 atom stereocenters. The van der Waals surface area contributed by atoms with Crippen LogP contribution in [0, 0.1) is 11.3 Å². The van der Waals surface area contributed by atoms with Crippen molar-refractivity contribution in [1.29, 1.82) is 0 Å². The first kappa shape index (κ1) is 19.3. The van der Waals surface area contributed by atoms with Gasteiger partial charge in [0.25, 0.3) is 0 Å². The summed E-state index contributed by atoms with van der Waals surface area (Å²) in [6.45, 7) is 10.4. The van der Waals surface area contributed by atoms with E-state index in [0.717, 1.165) is 16.1 Å². The van der Waals surface area contributed by atoms with Gasteiger partial charge in [-0.3, -0.25) is 0 Å². The van der Waals surface area contributed by atoms with Crippen molar-refractivity contribution in [3.8, 4) is 0 Å². The molecule has 0 spiro atoms. The van der Waals surface area contributed by atoms with E-state index in [-0.39, 0.29) is 0 Å². The van der Waals surface area contributed by atoms with Gasteiger partial charge in [0, 0.05) is 16.5 Å². The lowest BCUT2D eigenvalue weighted by Gasteiger charge is -2.38. The van der Waals surface area contributed by atoms with Gasteiger partial charge in [0.2, 0.25) is 0 Å². The second-order valence-electron chi connectivity index (χ2n) is 8.64. The Morgan fingerprint density at radius 2 is 1.88 bits per heavy atom. The number of rotatable bonds is 5. The van der Waals surface area contributed by atoms with E-state index in [1.165, 1.54) is 24.0 Å². The summed E-state index contributed by atoms with van der Waals surface area (Å²) < 4.78 is 0.939. The van der Waals surface area contributed by atoms with E-state index < -0.39 is 0 Å². The van der Waals surface area contributed by atoms with Crippen molar-refractivity contribution >= 4 is 11.6 Å². The summed E-state index contributed by atoms with van der Waals surface area (Å²) in [7, 11) is 4.61. The van der Waals surface area contributed by atoms with Gasteiger partial charge < -0.3 is 4.48 Å². The first-order valence-electron chi connectivity index (χ1n) is 9.04. The van der Waals surface area contributed by atoms with Crippen molar-refractivity contribution in [3.63, 3.8) is 0 Å². The van der Waals surface area contributed by atoms with E-state index in [2.05, 4.69) is 72.2 Å². The van der Waals surface area contributed by atoms with E-state index in [4.69, 9.17) is 11.6 Å². The summed E-state index contributed by atoms with van der Waals surface area (Å²) in [6.07, 6.45) is 9.79. The second-order valence-corrected chi connectivity index (χ2v) is 9.08. The third kappa shape index (κ3) is 4.74. The molecule has 0 heterocycles. The average molecular weight is 347 g/mol. The number of hydrogen-bond acceptors (Lipinski definition) is 0. The fourth-order valence-electron chi connectivity index (χ4n) is 3.69. The van der Waals surface area contributed by atoms with Crippen LogP contribution in [0.2, 0.25) is 5.02 Å². The standard InChI is InChI=1S/C22H33ClN/c1-17-8-7-15-22(3,4)21(17)14-9-18(2)24(5,6)16-19-10-12-20(23)13-11-19/h8-14,18,21H,7,15-16H2,1-6H3/q+1. The number of allylic oxidation sites excluding steroid dienone is 3. The zero-order valence-corrected chi connectivity index (χ0v) is 16.9. The highest BCUT2D eigenvalue weighted by Crippen LogP contribution is 2.41. The quantitative estimate of drug-likeness (QED) is 0.437. The van der Waals surface area contributed by atoms with Crippen LogP contribution in [0.4, 0.5) is 0 Å². The van der Waals surface area contributed by atoms with Crippen molar-refractivity contribution in [2.75, 3.05) is 14.1 Å². The summed E-state index contributed by atoms with van der Waals surface area (Å²) in [4.78, 5) is 0. The summed E-state index contributed by atoms with van der Waals surface area (Å²) >= 11 is 6.00. The molecule has 1 aromatic carbocycles. The van der Waals surface area contributed by atoms with Crippen LogP contribution in [0.3, 0.4) is 0 Å². The van der Waals surface area contributed by atoms with Gasteiger partial charge in [-0.2, -0.15) is 0 Å². The highest BCUT2D eigenvalue weighted by Gasteiger charge is 2.31. The molecular formula is C22H33ClN+. The molecule has 0 fully saturated rings. The minimum atomic E-state index is 0.363. The van der Waals surface area contributed by atoms with E-state index in [9.17, 15) is 0 Å². The Kier molecular flexibility index (Phi) is 5.99. The van der Waals surface area contributed by atoms with Crippen molar-refractivity contribution < 1.29 is 4.48 Å². The van der Waals surface area contributed by atoms with Crippen LogP contribution in [0.1, 0.15) is 46.1 Å². The number of nitrogens with zero attached hydrogens (tertiary/aromatic N) is 1. The fraction of sp³-hybridized carbons (Fsp3) is 0.545. The maximum atomic E-state index is 6.00. The van der Waals surface area contributed by atoms with Crippen LogP contribution in [0.15, 0.2) is 48.1 Å². The largest absolute Gasteiger partial charge is 0.319 e. The average Bonchev–Trinajstić information content (AvgIpc) is 2.48. The fourth-order valence-corrected chi connectivity index (χ4v) is 3.82. The Morgan fingerprint density at radius 3 is 2.46 bits per heavy atom. The molecule has 1 aliphatic carbocycles. The molecule has 0 amide bonds. The van der Waals surface area contributed by atoms with E-state index in [0.29, 0.717) is 17.4 Å². The number of halogens is 1. The summed E-state index contributed by atoms with van der Waals surface area (Å²) in [5, 5.41) is 0.804. The van der Waals surface area contributed by atoms with Gasteiger partial charge in [0.15, 0.2) is 0 Å². The molecule has 0 N–H and O–H groups in total. The van der Waals surface area contributed by atoms with E-state index in [1.54, 1.807) is 0 Å². The number of benzene rings is 1. The lowest BCUT2D eigenvalue weighted by atomic mass is 9.68. The van der Waals surface area contributed by atoms with Gasteiger partial charge in [-0.25, -0.2) is 0 Å². The lowest BCUT2D eigenvalue weighted by Crippen LogP contribution is -2.45. The molecule has 0 bridgehead atoms. The molecule has 1 aliphatic rings. The maximum absolute atomic E-state index is 6.00. The zero-order chi connectivity index (χ0) is 18.0. The third-order valence-electron chi connectivity index (χ3n) is 5.78. The minimum absolute atomic E-state index is 0.363. The molecule has 2 heteroatoms. The van der Waals surface area contributed by atoms with Crippen molar-refractivity contribution in [3.05, 3.63) is 58.7 Å². The smallest absolute Gasteiger partial charge is 0.105 e. The molecular weight excluding hydrogens is 314 g/mol. The highest BCUT2D eigenvalue weighted by molar-refractivity contribution is 6.30. The predicted octanol–water partition coefficient (Wildman–Crippen LogP) is 6.24. The van der Waals surface area contributed by atoms with Gasteiger partial charge in [0.1, 0.15) is 12.6 Å². The van der Waals surface area contributed by atoms with Crippen LogP contribution in [0.5, 0.6) is 0 Å². The Balaban J connectivity index is 2.09. The van der Waals surface area contributed by atoms with Crippen LogP contribution < -0.4 is 0 Å². The molecule has 132 valence electrons. The molecule has 1 aromatic rings. The summed E-state index contributed by atoms with van der Waals surface area (Å²) in [5.41, 5.74) is 3.22. The first-order valence-corrected chi connectivity index (χ1v) is 9.42. The molecule has 2 rings (SSSR count). The number of quaternary nitrogens is 1. The Hall–Kier alpha value is -1.05. The summed E-state index contributed by atoms with van der Waals surface area (Å²) in [6, 6.07) is 8.70. The Morgan fingerprint density at radius 1 is 1.25 bits per heavy atom. The molecule has 2 unspecified atom stereocenters. The lowest BCUT2D eigenvalue weighted by molar-refractivity contribution is -0.919. The van der Waals surface area contributed by atoms with Gasteiger partial charge in [0.05, 0.1) is 14.1 Å². The van der Waals surface area contributed by atoms with E-state index in [1.807, 2.05) is 12.1 Å². The van der Waals surface area contributed by atoms with Crippen LogP contribution in [-0.4, -0.2) is 24.6 Å². The first-order chi connectivity index (χ1) is 11.1. The molecule has 0 aromatic heterocycles. The molecule has 0 aliphatic heterocycles. The van der Waals surface area contributed by atoms with Crippen LogP contribution >= 0.6 is 11.6 Å². The molecule has 0 saturated carbocycles. The predicted molar refractivity (Wildman–Crippen MR) is 106 cm³/mol. The molecule has 24 heavy (non-hydrogen) atoms. The molecule has 0 radical (unpaired) electrons. The van der Waals surface area contributed by atoms with Gasteiger partial charge in [-0.1, -0.05) is 55.3 Å². The van der Waals surface area contributed by atoms with Crippen molar-refractivity contribution in [2.45, 2.75) is 53.1 Å². The van der Waals surface area contributed by atoms with Gasteiger partial charge >= 0.3 is 0 Å². The summed E-state index contributed by atoms with van der Waals surface area (Å²) in [5.74, 6) is 0.559. The topological polar surface area (TPSA) is 0 Å². The monoisotopic (exact) mass is 346 g/mol. The van der Waals surface area contributed by atoms with Crippen molar-refractivity contribution in [1.82, 2.24) is 0 Å². The third-order valence-corrected chi connectivity index (χ3v) is 6.03. The Labute approximate surface area is 153 Å². The van der Waals surface area contributed by atoms with Crippen LogP contribution in [-0.2, 0) is 6.54 Å². The SMILES string of the molecule is CC1=CCCC(C)(C)C1C=CC(C)[N+](C)(C)Cc1ccc(Cl)cc1. The van der Waals surface area contributed by atoms with Crippen molar-refractivity contribution in [2.24, 2.45) is 11.3 Å².